The first kappa shape index (κ1) is 44.0. The van der Waals surface area contributed by atoms with Crippen molar-refractivity contribution in [2.45, 2.75) is 0 Å². The summed E-state index contributed by atoms with van der Waals surface area (Å²) in [6, 6.07) is 80.7. The summed E-state index contributed by atoms with van der Waals surface area (Å²) in [5.41, 5.74) is 16.7. The Labute approximate surface area is 425 Å². The van der Waals surface area contributed by atoms with Crippen molar-refractivity contribution >= 4 is 43.6 Å². The van der Waals surface area contributed by atoms with E-state index in [1.165, 1.54) is 0 Å². The lowest BCUT2D eigenvalue weighted by atomic mass is 9.96. The molecule has 0 bridgehead atoms. The zero-order chi connectivity index (χ0) is 50.5. The van der Waals surface area contributed by atoms with Gasteiger partial charge in [0.1, 0.15) is 0 Å². The van der Waals surface area contributed by atoms with Gasteiger partial charge in [0.05, 0.1) is 103 Å². The van der Waals surface area contributed by atoms with E-state index in [2.05, 4.69) is 124 Å². The monoisotopic (exact) mass is 938 g/mol. The highest BCUT2D eigenvalue weighted by molar-refractivity contribution is 6.14. The molecule has 0 amide bonds. The summed E-state index contributed by atoms with van der Waals surface area (Å²) in [7, 11) is 0. The smallest absolute Gasteiger partial charge is 0.0998 e. The van der Waals surface area contributed by atoms with Crippen LogP contribution in [0, 0.1) is 68.0 Å². The van der Waals surface area contributed by atoms with Gasteiger partial charge in [0.2, 0.25) is 0 Å². The van der Waals surface area contributed by atoms with Gasteiger partial charge in [-0.25, -0.2) is 0 Å². The Morgan fingerprint density at radius 2 is 0.514 bits per heavy atom. The van der Waals surface area contributed by atoms with E-state index < -0.39 is 0 Å². The summed E-state index contributed by atoms with van der Waals surface area (Å²) in [6.07, 6.45) is 0. The van der Waals surface area contributed by atoms with Crippen molar-refractivity contribution in [1.82, 2.24) is 9.13 Å². The van der Waals surface area contributed by atoms with Crippen molar-refractivity contribution in [1.29, 1.82) is 31.6 Å². The molecule has 0 aliphatic rings. The Balaban J connectivity index is 1.20. The summed E-state index contributed by atoms with van der Waals surface area (Å²) < 4.78 is 4.45. The summed E-state index contributed by atoms with van der Waals surface area (Å²) in [6.45, 7) is 0. The van der Waals surface area contributed by atoms with Crippen LogP contribution in [-0.4, -0.2) is 9.13 Å². The molecule has 0 aliphatic heterocycles. The highest BCUT2D eigenvalue weighted by Gasteiger charge is 2.24. The molecule has 2 heterocycles. The Morgan fingerprint density at radius 3 is 0.811 bits per heavy atom. The van der Waals surface area contributed by atoms with Crippen molar-refractivity contribution in [3.05, 3.63) is 240 Å². The molecule has 0 radical (unpaired) electrons. The SMILES string of the molecule is N#Cc1cccc(-c2ccc3c(c2)c2cc(-c4cccc(C#N)c4)ccc2n3-c2cc(C#N)c(-c3cccc(C#N)c3)cc2-n2c3ccc(-c4cccc(C#N)c4)cc3c3cc(-c4cccc(C#N)c4)ccc32)c1. The van der Waals surface area contributed by atoms with Gasteiger partial charge in [0.15, 0.2) is 0 Å². The molecule has 8 nitrogen and oxygen atoms in total. The summed E-state index contributed by atoms with van der Waals surface area (Å²) >= 11 is 0. The minimum Gasteiger partial charge on any atom is -0.307 e. The number of hydrogen-bond acceptors (Lipinski definition) is 6. The third-order valence-corrected chi connectivity index (χ3v) is 13.8. The predicted molar refractivity (Wildman–Crippen MR) is 291 cm³/mol. The minimum absolute atomic E-state index is 0.406. The second-order valence-electron chi connectivity index (χ2n) is 18.1. The lowest BCUT2D eigenvalue weighted by Crippen LogP contribution is -2.05. The average Bonchev–Trinajstić information content (AvgIpc) is 3.97. The predicted octanol–water partition coefficient (Wildman–Crippen LogP) is 15.4. The van der Waals surface area contributed by atoms with E-state index in [1.54, 1.807) is 36.4 Å². The van der Waals surface area contributed by atoms with Crippen LogP contribution in [0.2, 0.25) is 0 Å². The second-order valence-corrected chi connectivity index (χ2v) is 18.1. The first-order chi connectivity index (χ1) is 36.4. The minimum atomic E-state index is 0.406. The largest absolute Gasteiger partial charge is 0.307 e. The summed E-state index contributed by atoms with van der Waals surface area (Å²) in [5, 5.41) is 64.5. The van der Waals surface area contributed by atoms with Gasteiger partial charge in [0.25, 0.3) is 0 Å². The Hall–Kier alpha value is -11.3. The lowest BCUT2D eigenvalue weighted by Gasteiger charge is -2.20. The molecule has 0 aliphatic carbocycles. The van der Waals surface area contributed by atoms with Gasteiger partial charge in [-0.05, 0) is 171 Å². The van der Waals surface area contributed by atoms with Crippen molar-refractivity contribution in [3.63, 3.8) is 0 Å². The van der Waals surface area contributed by atoms with Crippen LogP contribution in [0.5, 0.6) is 0 Å². The van der Waals surface area contributed by atoms with Crippen LogP contribution in [0.3, 0.4) is 0 Å². The molecule has 0 atom stereocenters. The van der Waals surface area contributed by atoms with Crippen LogP contribution >= 0.6 is 0 Å². The maximum atomic E-state index is 11.2. The number of nitrogens with zero attached hydrogens (tertiary/aromatic N) is 8. The van der Waals surface area contributed by atoms with Crippen LogP contribution in [-0.2, 0) is 0 Å². The Bertz CT molecular complexity index is 4410. The Kier molecular flexibility index (Phi) is 10.7. The van der Waals surface area contributed by atoms with Gasteiger partial charge in [-0.1, -0.05) is 84.9 Å². The van der Waals surface area contributed by atoms with E-state index >= 15 is 0 Å². The molecular formula is C66H34N8. The maximum absolute atomic E-state index is 11.2. The fourth-order valence-electron chi connectivity index (χ4n) is 10.4. The molecule has 12 rings (SSSR count). The molecule has 0 unspecified atom stereocenters. The fourth-order valence-corrected chi connectivity index (χ4v) is 10.4. The summed E-state index contributed by atoms with van der Waals surface area (Å²) in [5.74, 6) is 0. The number of benzene rings is 10. The zero-order valence-corrected chi connectivity index (χ0v) is 39.2. The molecule has 12 aromatic rings. The molecule has 0 saturated carbocycles. The number of fused-ring (bicyclic) bond motifs is 6. The highest BCUT2D eigenvalue weighted by atomic mass is 15.1. The molecular weight excluding hydrogens is 905 g/mol. The van der Waals surface area contributed by atoms with Crippen LogP contribution < -0.4 is 0 Å². The number of rotatable bonds is 7. The van der Waals surface area contributed by atoms with Gasteiger partial charge in [0, 0.05) is 27.1 Å². The third-order valence-electron chi connectivity index (χ3n) is 13.8. The molecule has 0 spiro atoms. The normalized spacial score (nSPS) is 10.9. The average molecular weight is 939 g/mol. The van der Waals surface area contributed by atoms with Crippen molar-refractivity contribution in [2.24, 2.45) is 0 Å². The number of hydrogen-bond donors (Lipinski definition) is 0. The van der Waals surface area contributed by atoms with Crippen molar-refractivity contribution in [3.8, 4) is 103 Å². The quantitative estimate of drug-likeness (QED) is 0.155. The fraction of sp³-hybridized carbons (Fsp3) is 0. The number of nitriles is 6. The lowest BCUT2D eigenvalue weighted by molar-refractivity contribution is 1.09. The van der Waals surface area contributed by atoms with Crippen LogP contribution in [0.1, 0.15) is 33.4 Å². The van der Waals surface area contributed by atoms with E-state index in [-0.39, 0.29) is 0 Å². The van der Waals surface area contributed by atoms with Crippen molar-refractivity contribution < 1.29 is 0 Å². The standard InChI is InChI=1S/C66H34N8/c67-35-41-6-1-11-46(24-41)50-16-20-61-57(29-50)58-30-51(47-12-2-7-42(25-47)36-68)17-21-62(58)73(61)65-33-55(40-72)56(54-15-5-10-45(28-54)39-71)34-66(65)74-63-22-18-52(48-13-3-8-43(26-48)37-69)31-59(63)60-32-53(19-23-64(60)74)49-14-4-9-44(27-49)38-70/h1-34H. The van der Waals surface area contributed by atoms with E-state index in [9.17, 15) is 31.6 Å². The van der Waals surface area contributed by atoms with Gasteiger partial charge < -0.3 is 9.13 Å². The highest BCUT2D eigenvalue weighted by Crippen LogP contribution is 2.44. The zero-order valence-electron chi connectivity index (χ0n) is 39.2. The third kappa shape index (κ3) is 7.44. The van der Waals surface area contributed by atoms with Crippen molar-refractivity contribution in [2.75, 3.05) is 0 Å². The molecule has 0 saturated heterocycles. The summed E-state index contributed by atoms with van der Waals surface area (Å²) in [4.78, 5) is 0. The molecule has 8 heteroatoms. The second kappa shape index (κ2) is 17.9. The molecule has 338 valence electrons. The van der Waals surface area contributed by atoms with E-state index in [0.29, 0.717) is 44.5 Å². The first-order valence-corrected chi connectivity index (χ1v) is 23.6. The first-order valence-electron chi connectivity index (χ1n) is 23.6. The van der Waals surface area contributed by atoms with Gasteiger partial charge in [-0.2, -0.15) is 31.6 Å². The molecule has 74 heavy (non-hydrogen) atoms. The topological polar surface area (TPSA) is 153 Å². The van der Waals surface area contributed by atoms with Gasteiger partial charge >= 0.3 is 0 Å². The maximum Gasteiger partial charge on any atom is 0.0998 e. The Morgan fingerprint density at radius 1 is 0.243 bits per heavy atom. The van der Waals surface area contributed by atoms with Gasteiger partial charge in [-0.15, -0.1) is 0 Å². The van der Waals surface area contributed by atoms with E-state index in [4.69, 9.17) is 0 Å². The van der Waals surface area contributed by atoms with Crippen LogP contribution in [0.15, 0.2) is 206 Å². The molecule has 0 N–H and O–H groups in total. The molecule has 2 aromatic heterocycles. The molecule has 10 aromatic carbocycles. The van der Waals surface area contributed by atoms with Crippen LogP contribution in [0.4, 0.5) is 0 Å². The van der Waals surface area contributed by atoms with E-state index in [1.807, 2.05) is 91.0 Å². The van der Waals surface area contributed by atoms with E-state index in [0.717, 1.165) is 99.5 Å². The number of aromatic nitrogens is 2. The molecule has 0 fully saturated rings. The van der Waals surface area contributed by atoms with Crippen LogP contribution in [0.25, 0.3) is 111 Å². The van der Waals surface area contributed by atoms with Gasteiger partial charge in [-0.3, -0.25) is 0 Å².